The predicted molar refractivity (Wildman–Crippen MR) is 67.6 cm³/mol. The summed E-state index contributed by atoms with van der Waals surface area (Å²) in [5, 5.41) is 0.281. The third-order valence-electron chi connectivity index (χ3n) is 4.18. The number of rotatable bonds is 2. The van der Waals surface area contributed by atoms with Crippen LogP contribution in [-0.4, -0.2) is 22.4 Å². The van der Waals surface area contributed by atoms with E-state index in [0.717, 1.165) is 18.4 Å². The van der Waals surface area contributed by atoms with Crippen molar-refractivity contribution in [3.05, 3.63) is 35.4 Å². The van der Waals surface area contributed by atoms with Gasteiger partial charge in [-0.25, -0.2) is 8.78 Å². The average Bonchev–Trinajstić information content (AvgIpc) is 2.58. The van der Waals surface area contributed by atoms with Crippen molar-refractivity contribution in [1.82, 2.24) is 4.90 Å². The summed E-state index contributed by atoms with van der Waals surface area (Å²) < 4.78 is 26.1. The van der Waals surface area contributed by atoms with Gasteiger partial charge in [-0.15, -0.1) is 11.6 Å². The molecule has 2 unspecified atom stereocenters. The molecule has 1 nitrogen and oxygen atoms in total. The van der Waals surface area contributed by atoms with Crippen LogP contribution < -0.4 is 0 Å². The van der Waals surface area contributed by atoms with Crippen molar-refractivity contribution in [3.63, 3.8) is 0 Å². The van der Waals surface area contributed by atoms with Crippen molar-refractivity contribution in [1.29, 1.82) is 0 Å². The lowest BCUT2D eigenvalue weighted by molar-refractivity contribution is 0.134. The minimum Gasteiger partial charge on any atom is -0.293 e. The Labute approximate surface area is 111 Å². The lowest BCUT2D eigenvalue weighted by Crippen LogP contribution is -2.42. The third kappa shape index (κ3) is 2.26. The van der Waals surface area contributed by atoms with Crippen molar-refractivity contribution in [2.24, 2.45) is 0 Å². The van der Waals surface area contributed by atoms with Gasteiger partial charge in [-0.3, -0.25) is 4.90 Å². The molecule has 2 aliphatic rings. The van der Waals surface area contributed by atoms with Crippen molar-refractivity contribution >= 4 is 11.6 Å². The van der Waals surface area contributed by atoms with E-state index in [1.54, 1.807) is 6.07 Å². The zero-order valence-electron chi connectivity index (χ0n) is 10.1. The Bertz CT molecular complexity index is 437. The van der Waals surface area contributed by atoms with E-state index < -0.39 is 11.6 Å². The molecule has 0 amide bonds. The van der Waals surface area contributed by atoms with Crippen LogP contribution in [0.2, 0.25) is 0 Å². The second kappa shape index (κ2) is 4.78. The van der Waals surface area contributed by atoms with Gasteiger partial charge in [0.25, 0.3) is 0 Å². The summed E-state index contributed by atoms with van der Waals surface area (Å²) in [7, 11) is 0. The van der Waals surface area contributed by atoms with Crippen molar-refractivity contribution in [3.8, 4) is 0 Å². The summed E-state index contributed by atoms with van der Waals surface area (Å²) in [5.41, 5.74) is 0.846. The van der Waals surface area contributed by atoms with Crippen LogP contribution in [0.25, 0.3) is 0 Å². The minimum atomic E-state index is -0.777. The maximum absolute atomic E-state index is 13.2. The summed E-state index contributed by atoms with van der Waals surface area (Å²) in [4.78, 5) is 2.41. The van der Waals surface area contributed by atoms with E-state index in [2.05, 4.69) is 4.90 Å². The molecular formula is C14H16ClF2N. The number of nitrogens with zero attached hydrogens (tertiary/aromatic N) is 1. The normalized spacial score (nSPS) is 31.8. The van der Waals surface area contributed by atoms with E-state index in [9.17, 15) is 8.78 Å². The fourth-order valence-electron chi connectivity index (χ4n) is 3.31. The summed E-state index contributed by atoms with van der Waals surface area (Å²) >= 11 is 6.22. The van der Waals surface area contributed by atoms with Crippen LogP contribution in [0.5, 0.6) is 0 Å². The molecule has 0 saturated carbocycles. The molecule has 2 saturated heterocycles. The second-order valence-electron chi connectivity index (χ2n) is 5.37. The van der Waals surface area contributed by atoms with Gasteiger partial charge >= 0.3 is 0 Å². The van der Waals surface area contributed by atoms with Crippen LogP contribution in [0.1, 0.15) is 31.2 Å². The summed E-state index contributed by atoms with van der Waals surface area (Å²) in [6.07, 6.45) is 4.39. The smallest absolute Gasteiger partial charge is 0.159 e. The predicted octanol–water partition coefficient (Wildman–Crippen LogP) is 3.70. The highest BCUT2D eigenvalue weighted by atomic mass is 35.5. The van der Waals surface area contributed by atoms with Gasteiger partial charge < -0.3 is 0 Å². The monoisotopic (exact) mass is 271 g/mol. The van der Waals surface area contributed by atoms with Crippen LogP contribution in [0.4, 0.5) is 8.78 Å². The third-order valence-corrected chi connectivity index (χ3v) is 4.53. The molecule has 2 fully saturated rings. The van der Waals surface area contributed by atoms with Gasteiger partial charge in [-0.1, -0.05) is 6.07 Å². The molecule has 0 radical (unpaired) electrons. The first-order chi connectivity index (χ1) is 8.63. The summed E-state index contributed by atoms with van der Waals surface area (Å²) in [6.45, 7) is 0.705. The molecule has 0 N–H and O–H groups in total. The highest BCUT2D eigenvalue weighted by Gasteiger charge is 2.39. The largest absolute Gasteiger partial charge is 0.293 e. The quantitative estimate of drug-likeness (QED) is 0.742. The molecule has 3 rings (SSSR count). The minimum absolute atomic E-state index is 0.281. The van der Waals surface area contributed by atoms with E-state index >= 15 is 0 Å². The van der Waals surface area contributed by atoms with Crippen LogP contribution >= 0.6 is 11.6 Å². The standard InChI is InChI=1S/C14H16ClF2N/c15-10-6-11-2-3-12(7-10)18(11)8-9-1-4-13(16)14(17)5-9/h1,4-5,10-12H,2-3,6-8H2. The first kappa shape index (κ1) is 12.4. The molecule has 1 aromatic rings. The molecule has 0 spiro atoms. The Kier molecular flexibility index (Phi) is 3.29. The lowest BCUT2D eigenvalue weighted by atomic mass is 10.0. The Morgan fingerprint density at radius 3 is 2.39 bits per heavy atom. The maximum Gasteiger partial charge on any atom is 0.159 e. The maximum atomic E-state index is 13.2. The van der Waals surface area contributed by atoms with E-state index in [1.807, 2.05) is 0 Å². The molecule has 0 aliphatic carbocycles. The SMILES string of the molecule is Fc1ccc(CN2C3CCC2CC(Cl)C3)cc1F. The highest BCUT2D eigenvalue weighted by Crippen LogP contribution is 2.38. The zero-order chi connectivity index (χ0) is 12.7. The lowest BCUT2D eigenvalue weighted by Gasteiger charge is -2.37. The van der Waals surface area contributed by atoms with Gasteiger partial charge in [0, 0.05) is 24.0 Å². The van der Waals surface area contributed by atoms with Gasteiger partial charge in [0.05, 0.1) is 0 Å². The molecule has 0 aromatic heterocycles. The van der Waals surface area contributed by atoms with E-state index in [-0.39, 0.29) is 5.38 Å². The Morgan fingerprint density at radius 2 is 1.78 bits per heavy atom. The molecule has 2 bridgehead atoms. The second-order valence-corrected chi connectivity index (χ2v) is 5.99. The number of fused-ring (bicyclic) bond motifs is 2. The van der Waals surface area contributed by atoms with E-state index in [0.29, 0.717) is 18.6 Å². The van der Waals surface area contributed by atoms with Gasteiger partial charge in [-0.05, 0) is 43.4 Å². The fraction of sp³-hybridized carbons (Fsp3) is 0.571. The Hall–Kier alpha value is -0.670. The molecule has 1 aromatic carbocycles. The van der Waals surface area contributed by atoms with Gasteiger partial charge in [0.2, 0.25) is 0 Å². The van der Waals surface area contributed by atoms with Gasteiger partial charge in [-0.2, -0.15) is 0 Å². The van der Waals surface area contributed by atoms with Crippen molar-refractivity contribution in [2.45, 2.75) is 49.7 Å². The van der Waals surface area contributed by atoms with Crippen LogP contribution in [0.3, 0.4) is 0 Å². The number of halogens is 3. The van der Waals surface area contributed by atoms with Crippen LogP contribution in [-0.2, 0) is 6.54 Å². The first-order valence-electron chi connectivity index (χ1n) is 6.47. The van der Waals surface area contributed by atoms with Gasteiger partial charge in [0.15, 0.2) is 11.6 Å². The molecule has 2 heterocycles. The number of alkyl halides is 1. The summed E-state index contributed by atoms with van der Waals surface area (Å²) in [5.74, 6) is -1.53. The molecule has 2 atom stereocenters. The molecule has 2 aliphatic heterocycles. The highest BCUT2D eigenvalue weighted by molar-refractivity contribution is 6.20. The zero-order valence-corrected chi connectivity index (χ0v) is 10.8. The topological polar surface area (TPSA) is 3.24 Å². The Morgan fingerprint density at radius 1 is 1.11 bits per heavy atom. The Balaban J connectivity index is 1.75. The van der Waals surface area contributed by atoms with Crippen molar-refractivity contribution < 1.29 is 8.78 Å². The van der Waals surface area contributed by atoms with Crippen LogP contribution in [0.15, 0.2) is 18.2 Å². The summed E-state index contributed by atoms with van der Waals surface area (Å²) in [6, 6.07) is 5.21. The van der Waals surface area contributed by atoms with E-state index in [4.69, 9.17) is 11.6 Å². The molecule has 98 valence electrons. The fourth-order valence-corrected chi connectivity index (χ4v) is 3.73. The van der Waals surface area contributed by atoms with Gasteiger partial charge in [0.1, 0.15) is 0 Å². The molecule has 4 heteroatoms. The van der Waals surface area contributed by atoms with Crippen molar-refractivity contribution in [2.75, 3.05) is 0 Å². The molecule has 18 heavy (non-hydrogen) atoms. The average molecular weight is 272 g/mol. The van der Waals surface area contributed by atoms with E-state index in [1.165, 1.54) is 25.0 Å². The first-order valence-corrected chi connectivity index (χ1v) is 6.91. The van der Waals surface area contributed by atoms with Crippen LogP contribution in [0, 0.1) is 11.6 Å². The number of hydrogen-bond acceptors (Lipinski definition) is 1. The molecular weight excluding hydrogens is 256 g/mol. The number of hydrogen-bond donors (Lipinski definition) is 0. The number of benzene rings is 1. The number of piperidine rings is 1.